The molecule has 4 rings (SSSR count). The van der Waals surface area contributed by atoms with Crippen molar-refractivity contribution < 1.29 is 0.889 Å². The first-order valence-corrected chi connectivity index (χ1v) is 20.4. The molecule has 0 aliphatic rings. The number of hydrogen-bond donors (Lipinski definition) is 0. The second-order valence-electron chi connectivity index (χ2n) is 7.82. The summed E-state index contributed by atoms with van der Waals surface area (Å²) in [5.74, 6) is 0. The first-order chi connectivity index (χ1) is 15.1. The van der Waals surface area contributed by atoms with Crippen LogP contribution in [0.1, 0.15) is 22.3 Å². The molecule has 0 amide bonds. The topological polar surface area (TPSA) is 9.23 Å². The van der Waals surface area contributed by atoms with E-state index in [9.17, 15) is 0 Å². The van der Waals surface area contributed by atoms with Crippen molar-refractivity contribution in [2.45, 2.75) is 27.7 Å². The molecule has 0 aliphatic heterocycles. The Morgan fingerprint density at radius 2 is 0.613 bits per heavy atom. The van der Waals surface area contributed by atoms with E-state index in [2.05, 4.69) is 125 Å². The third-order valence-electron chi connectivity index (χ3n) is 5.50. The Hall–Kier alpha value is -1.39. The summed E-state index contributed by atoms with van der Waals surface area (Å²) < 4.78 is 13.4. The van der Waals surface area contributed by atoms with Crippen LogP contribution in [0.3, 0.4) is 0 Å². The molecule has 0 radical (unpaired) electrons. The summed E-state index contributed by atoms with van der Waals surface area (Å²) in [6.07, 6.45) is 0. The van der Waals surface area contributed by atoms with Crippen molar-refractivity contribution >= 4 is 57.5 Å². The van der Waals surface area contributed by atoms with Gasteiger partial charge in [-0.25, -0.2) is 0 Å². The minimum absolute atomic E-state index is 1.36. The van der Waals surface area contributed by atoms with Crippen molar-refractivity contribution in [1.29, 1.82) is 0 Å². The van der Waals surface area contributed by atoms with Gasteiger partial charge < -0.3 is 0 Å². The summed E-state index contributed by atoms with van der Waals surface area (Å²) in [4.78, 5) is 0. The Kier molecular flexibility index (Phi) is 7.70. The maximum absolute atomic E-state index is 7.53. The predicted octanol–water partition coefficient (Wildman–Crippen LogP) is 3.85. The monoisotopic (exact) mass is 798 g/mol. The Morgan fingerprint density at radius 3 is 0.839 bits per heavy atom. The Bertz CT molecular complexity index is 1000. The number of rotatable bonds is 6. The quantitative estimate of drug-likeness (QED) is 0.270. The fourth-order valence-corrected chi connectivity index (χ4v) is 34.9. The molecule has 4 aromatic rings. The van der Waals surface area contributed by atoms with Gasteiger partial charge in [0.1, 0.15) is 0 Å². The van der Waals surface area contributed by atoms with E-state index in [4.69, 9.17) is 0.889 Å². The summed E-state index contributed by atoms with van der Waals surface area (Å²) in [6, 6.07) is 35.5. The first-order valence-electron chi connectivity index (χ1n) is 10.6. The summed E-state index contributed by atoms with van der Waals surface area (Å²) in [5, 5.41) is 0. The molecule has 156 valence electrons. The summed E-state index contributed by atoms with van der Waals surface area (Å²) in [7, 11) is 0. The molecule has 0 spiro atoms. The van der Waals surface area contributed by atoms with Gasteiger partial charge in [0.05, 0.1) is 0 Å². The molecule has 0 bridgehead atoms. The molecule has 0 unspecified atom stereocenters. The van der Waals surface area contributed by atoms with E-state index in [-0.39, 0.29) is 0 Å². The number of hydrogen-bond acceptors (Lipinski definition) is 1. The molecular weight excluding hydrogens is 770 g/mol. The van der Waals surface area contributed by atoms with E-state index in [1.54, 1.807) is 0 Å². The van der Waals surface area contributed by atoms with Gasteiger partial charge in [0.25, 0.3) is 0 Å². The van der Waals surface area contributed by atoms with Crippen LogP contribution in [0.15, 0.2) is 97.1 Å². The van der Waals surface area contributed by atoms with Gasteiger partial charge in [-0.1, -0.05) is 0 Å². The Labute approximate surface area is 203 Å². The van der Waals surface area contributed by atoms with Gasteiger partial charge in [0, 0.05) is 0 Å². The molecule has 3 heteroatoms. The molecule has 0 aromatic heterocycles. The van der Waals surface area contributed by atoms with Gasteiger partial charge >= 0.3 is 205 Å². The third-order valence-corrected chi connectivity index (χ3v) is 32.5. The van der Waals surface area contributed by atoms with Crippen molar-refractivity contribution in [2.75, 3.05) is 0 Å². The Morgan fingerprint density at radius 1 is 0.387 bits per heavy atom. The van der Waals surface area contributed by atoms with Crippen molar-refractivity contribution in [3.05, 3.63) is 119 Å². The van der Waals surface area contributed by atoms with E-state index < -0.39 is 44.4 Å². The molecule has 1 nitrogen and oxygen atoms in total. The molecule has 0 saturated heterocycles. The average molecular weight is 798 g/mol. The molecule has 0 saturated carbocycles. The second kappa shape index (κ2) is 10.5. The summed E-state index contributed by atoms with van der Waals surface area (Å²) in [5.41, 5.74) is 5.45. The van der Waals surface area contributed by atoms with Crippen LogP contribution in [0.2, 0.25) is 0 Å². The zero-order valence-corrected chi connectivity index (χ0v) is 25.5. The van der Waals surface area contributed by atoms with E-state index in [0.29, 0.717) is 0 Å². The molecule has 31 heavy (non-hydrogen) atoms. The van der Waals surface area contributed by atoms with Crippen molar-refractivity contribution in [2.24, 2.45) is 0 Å². The van der Waals surface area contributed by atoms with Crippen LogP contribution in [-0.2, 0) is 0.889 Å². The van der Waals surface area contributed by atoms with Crippen LogP contribution in [-0.4, -0.2) is 44.4 Å². The van der Waals surface area contributed by atoms with E-state index >= 15 is 0 Å². The summed E-state index contributed by atoms with van der Waals surface area (Å²) in [6.45, 7) is 8.96. The molecule has 4 aromatic carbocycles. The van der Waals surface area contributed by atoms with Crippen LogP contribution in [0.5, 0.6) is 0 Å². The van der Waals surface area contributed by atoms with Gasteiger partial charge in [0.15, 0.2) is 0 Å². The third kappa shape index (κ3) is 5.17. The van der Waals surface area contributed by atoms with Crippen LogP contribution in [0, 0.1) is 27.7 Å². The van der Waals surface area contributed by atoms with E-state index in [0.717, 1.165) is 0 Å². The predicted molar refractivity (Wildman–Crippen MR) is 136 cm³/mol. The number of benzene rings is 4. The second-order valence-corrected chi connectivity index (χ2v) is 26.1. The van der Waals surface area contributed by atoms with Crippen LogP contribution >= 0.6 is 0 Å². The molecule has 0 N–H and O–H groups in total. The van der Waals surface area contributed by atoms with Gasteiger partial charge in [-0.2, -0.15) is 0 Å². The standard InChI is InChI=1S/4C7H7.2Bi.O/c4*1-7-5-3-2-4-6-7;;;/h4*2-5H,1H3;;;. The molecule has 0 aliphatic carbocycles. The molecule has 0 atom stereocenters. The van der Waals surface area contributed by atoms with Crippen molar-refractivity contribution in [1.82, 2.24) is 0 Å². The molecular formula is C28H28Bi2O. The van der Waals surface area contributed by atoms with E-state index in [1.165, 1.54) is 35.3 Å². The van der Waals surface area contributed by atoms with Gasteiger partial charge in [-0.05, 0) is 0 Å². The van der Waals surface area contributed by atoms with Gasteiger partial charge in [-0.15, -0.1) is 0 Å². The summed E-state index contributed by atoms with van der Waals surface area (Å²) >= 11 is -5.44. The van der Waals surface area contributed by atoms with Crippen LogP contribution in [0.4, 0.5) is 0 Å². The van der Waals surface area contributed by atoms with Crippen LogP contribution < -0.4 is 13.1 Å². The Balaban J connectivity index is 1.89. The van der Waals surface area contributed by atoms with Gasteiger partial charge in [0.2, 0.25) is 0 Å². The zero-order valence-electron chi connectivity index (χ0n) is 18.5. The van der Waals surface area contributed by atoms with Crippen molar-refractivity contribution in [3.8, 4) is 0 Å². The van der Waals surface area contributed by atoms with Crippen LogP contribution in [0.25, 0.3) is 0 Å². The number of aryl methyl sites for hydroxylation is 4. The molecule has 0 fully saturated rings. The first kappa shape index (κ1) is 22.8. The molecule has 0 heterocycles. The SMILES string of the molecule is Cc1cccc[c]1[Bi]([O][Bi]([c]1ccccc1C)[c]1ccccc1C)[c]1ccccc1C. The van der Waals surface area contributed by atoms with Crippen molar-refractivity contribution in [3.63, 3.8) is 0 Å². The fourth-order valence-electron chi connectivity index (χ4n) is 3.68. The fraction of sp³-hybridized carbons (Fsp3) is 0.143. The van der Waals surface area contributed by atoms with Gasteiger partial charge in [-0.3, -0.25) is 0 Å². The minimum atomic E-state index is -2.72. The van der Waals surface area contributed by atoms with E-state index in [1.807, 2.05) is 0 Å². The zero-order chi connectivity index (χ0) is 21.8. The average Bonchev–Trinajstić information content (AvgIpc) is 2.78. The maximum atomic E-state index is 7.53. The normalized spacial score (nSPS) is 11.3.